The molecule has 2 aliphatic heterocycles. The highest BCUT2D eigenvalue weighted by Gasteiger charge is 2.43. The summed E-state index contributed by atoms with van der Waals surface area (Å²) in [5.41, 5.74) is 10.1. The number of halogens is 2. The molecular formula is C52H54Cl2O7P2. The highest BCUT2D eigenvalue weighted by Crippen LogP contribution is 2.52. The summed E-state index contributed by atoms with van der Waals surface area (Å²) in [5.74, 6) is 4.59. The first-order valence-electron chi connectivity index (χ1n) is 21.0. The van der Waals surface area contributed by atoms with E-state index >= 15 is 0 Å². The predicted octanol–water partition coefficient (Wildman–Crippen LogP) is 10.2. The first-order valence-corrected chi connectivity index (χ1v) is 24.4. The molecule has 2 heterocycles. The van der Waals surface area contributed by atoms with Crippen LogP contribution in [0.5, 0.6) is 34.5 Å². The lowest BCUT2D eigenvalue weighted by Crippen LogP contribution is -2.29. The molecule has 1 unspecified atom stereocenters. The number of methoxy groups -OCH3 is 4. The Morgan fingerprint density at radius 2 is 0.683 bits per heavy atom. The van der Waals surface area contributed by atoms with E-state index in [9.17, 15) is 0 Å². The van der Waals surface area contributed by atoms with Gasteiger partial charge in [-0.2, -0.15) is 0 Å². The molecule has 0 saturated carbocycles. The summed E-state index contributed by atoms with van der Waals surface area (Å²) in [4.78, 5) is 0. The van der Waals surface area contributed by atoms with Crippen molar-refractivity contribution >= 4 is 70.9 Å². The largest absolute Gasteiger partial charge is 0.496 e. The third-order valence-corrected chi connectivity index (χ3v) is 17.4. The Morgan fingerprint density at radius 3 is 0.921 bits per heavy atom. The number of rotatable bonds is 10. The van der Waals surface area contributed by atoms with Crippen LogP contribution >= 0.6 is 39.0 Å². The van der Waals surface area contributed by atoms with Gasteiger partial charge in [-0.15, -0.1) is 0 Å². The lowest BCUT2D eigenvalue weighted by atomic mass is 10.0. The summed E-state index contributed by atoms with van der Waals surface area (Å²) >= 11 is 14.8. The van der Waals surface area contributed by atoms with Gasteiger partial charge in [0.25, 0.3) is 0 Å². The maximum absolute atomic E-state index is 7.41. The Morgan fingerprint density at radius 1 is 0.429 bits per heavy atom. The molecule has 6 aromatic carbocycles. The Hall–Kier alpha value is -4.48. The zero-order valence-corrected chi connectivity index (χ0v) is 41.3. The van der Waals surface area contributed by atoms with E-state index < -0.39 is 15.8 Å². The quantitative estimate of drug-likeness (QED) is 0.100. The van der Waals surface area contributed by atoms with Crippen LogP contribution in [0.25, 0.3) is 11.1 Å². The lowest BCUT2D eigenvalue weighted by molar-refractivity contribution is 0.247. The molecule has 11 heteroatoms. The molecule has 0 radical (unpaired) electrons. The summed E-state index contributed by atoms with van der Waals surface area (Å²) in [6.07, 6.45) is -0.289. The number of fused-ring (bicyclic) bond motifs is 4. The summed E-state index contributed by atoms with van der Waals surface area (Å²) in [7, 11) is 4.26. The Kier molecular flexibility index (Phi) is 13.0. The van der Waals surface area contributed by atoms with Crippen molar-refractivity contribution in [2.45, 2.75) is 67.6 Å². The van der Waals surface area contributed by atoms with Crippen LogP contribution in [0.15, 0.2) is 72.8 Å². The number of benzene rings is 6. The van der Waals surface area contributed by atoms with Gasteiger partial charge >= 0.3 is 0 Å². The van der Waals surface area contributed by atoms with Gasteiger partial charge in [0.05, 0.1) is 38.5 Å². The summed E-state index contributed by atoms with van der Waals surface area (Å²) in [6, 6.07) is 26.3. The molecule has 328 valence electrons. The summed E-state index contributed by atoms with van der Waals surface area (Å²) < 4.78 is 43.7. The van der Waals surface area contributed by atoms with Crippen molar-refractivity contribution in [3.8, 4) is 45.6 Å². The van der Waals surface area contributed by atoms with Crippen LogP contribution in [0.3, 0.4) is 0 Å². The van der Waals surface area contributed by atoms with Crippen LogP contribution in [0, 0.1) is 55.4 Å². The minimum absolute atomic E-state index is 0.144. The van der Waals surface area contributed by atoms with Crippen molar-refractivity contribution in [2.75, 3.05) is 41.7 Å². The van der Waals surface area contributed by atoms with Crippen LogP contribution < -0.4 is 60.2 Å². The first-order chi connectivity index (χ1) is 30.2. The van der Waals surface area contributed by atoms with E-state index in [0.29, 0.717) is 34.8 Å². The molecule has 6 aromatic rings. The third kappa shape index (κ3) is 8.37. The predicted molar refractivity (Wildman–Crippen MR) is 263 cm³/mol. The van der Waals surface area contributed by atoms with Gasteiger partial charge < -0.3 is 33.2 Å². The van der Waals surface area contributed by atoms with Crippen molar-refractivity contribution < 1.29 is 33.2 Å². The van der Waals surface area contributed by atoms with Crippen molar-refractivity contribution in [2.24, 2.45) is 0 Å². The molecule has 1 saturated heterocycles. The minimum atomic E-state index is -1.32. The zero-order valence-electron chi connectivity index (χ0n) is 38.0. The molecule has 2 atom stereocenters. The second kappa shape index (κ2) is 18.2. The number of hydrogen-bond donors (Lipinski definition) is 0. The normalized spacial score (nSPS) is 15.5. The number of ether oxygens (including phenoxy) is 7. The molecule has 0 N–H and O–H groups in total. The minimum Gasteiger partial charge on any atom is -0.496 e. The highest BCUT2D eigenvalue weighted by atomic mass is 35.5. The molecule has 0 aromatic heterocycles. The van der Waals surface area contributed by atoms with E-state index in [1.54, 1.807) is 28.4 Å². The first kappa shape index (κ1) is 45.1. The smallest absolute Gasteiger partial charge is 0.146 e. The average molecular weight is 924 g/mol. The third-order valence-electron chi connectivity index (χ3n) is 12.0. The molecule has 0 bridgehead atoms. The molecule has 0 spiro atoms. The van der Waals surface area contributed by atoms with Gasteiger partial charge in [-0.3, -0.25) is 0 Å². The van der Waals surface area contributed by atoms with Crippen molar-refractivity contribution in [1.82, 2.24) is 0 Å². The fourth-order valence-corrected chi connectivity index (χ4v) is 15.4. The van der Waals surface area contributed by atoms with E-state index in [2.05, 4.69) is 116 Å². The second-order valence-electron chi connectivity index (χ2n) is 16.5. The second-order valence-corrected chi connectivity index (χ2v) is 21.7. The van der Waals surface area contributed by atoms with Crippen LogP contribution in [-0.4, -0.2) is 53.9 Å². The van der Waals surface area contributed by atoms with Crippen molar-refractivity contribution in [3.05, 3.63) is 127 Å². The van der Waals surface area contributed by atoms with E-state index in [1.165, 1.54) is 0 Å². The average Bonchev–Trinajstić information content (AvgIpc) is 3.99. The molecule has 63 heavy (non-hydrogen) atoms. The standard InChI is InChI=1S/C52H54Cl2O7P2/c1-27-17-35(18-28(2)47(27)55-9)62(36-19-29(3)48(56-10)30(4)20-36)43-15-13-39(53)51-45(43)46-44(16-14-40(54)52(46)60-26-42-41(61-42)25-59-51)63(37-21-31(5)49(57-11)32(6)22-37)38-23-33(7)50(58-12)34(8)24-38/h13-24,41-42H,25-26H2,1-12H3/t41-,42?/m0/s1. The van der Waals surface area contributed by atoms with E-state index in [0.717, 1.165) is 110 Å². The Labute approximate surface area is 384 Å². The van der Waals surface area contributed by atoms with E-state index in [4.69, 9.17) is 56.4 Å². The highest BCUT2D eigenvalue weighted by molar-refractivity contribution is 7.80. The van der Waals surface area contributed by atoms with Gasteiger partial charge in [0.15, 0.2) is 0 Å². The molecule has 1 fully saturated rings. The monoisotopic (exact) mass is 922 g/mol. The fraction of sp³-hybridized carbons (Fsp3) is 0.308. The van der Waals surface area contributed by atoms with Gasteiger partial charge in [-0.25, -0.2) is 0 Å². The molecule has 8 rings (SSSR count). The number of epoxide rings is 1. The Balaban J connectivity index is 1.53. The van der Waals surface area contributed by atoms with Gasteiger partial charge in [0, 0.05) is 11.1 Å². The maximum Gasteiger partial charge on any atom is 0.146 e. The van der Waals surface area contributed by atoms with Crippen LogP contribution in [0.1, 0.15) is 44.5 Å². The maximum atomic E-state index is 7.41. The van der Waals surface area contributed by atoms with E-state index in [-0.39, 0.29) is 12.2 Å². The molecule has 0 amide bonds. The van der Waals surface area contributed by atoms with Gasteiger partial charge in [-0.05, 0) is 208 Å². The van der Waals surface area contributed by atoms with Gasteiger partial charge in [-0.1, -0.05) is 35.3 Å². The van der Waals surface area contributed by atoms with Crippen LogP contribution in [0.4, 0.5) is 0 Å². The molecule has 7 nitrogen and oxygen atoms in total. The topological polar surface area (TPSA) is 67.9 Å². The SMILES string of the molecule is COc1c(C)cc(P(c2cc(C)c(OC)c(C)c2)c2ccc(Cl)c3c2-c2c(P(c4cc(C)c(OC)c(C)c4)c4cc(C)c(OC)c(C)c4)ccc(Cl)c2OC[C@@H]2OC2CO3)cc1C. The van der Waals surface area contributed by atoms with Crippen molar-refractivity contribution in [3.63, 3.8) is 0 Å². The Bertz CT molecular complexity index is 2370. The van der Waals surface area contributed by atoms with E-state index in [1.807, 2.05) is 12.1 Å². The summed E-state index contributed by atoms with van der Waals surface area (Å²) in [5, 5.41) is 7.64. The zero-order chi connectivity index (χ0) is 45.0. The van der Waals surface area contributed by atoms with Crippen molar-refractivity contribution in [1.29, 1.82) is 0 Å². The van der Waals surface area contributed by atoms with Gasteiger partial charge in [0.1, 0.15) is 59.9 Å². The van der Waals surface area contributed by atoms with Crippen LogP contribution in [-0.2, 0) is 4.74 Å². The molecule has 0 aliphatic carbocycles. The molecular weight excluding hydrogens is 869 g/mol. The lowest BCUT2D eigenvalue weighted by Gasteiger charge is -2.31. The number of aryl methyl sites for hydroxylation is 8. The summed E-state index contributed by atoms with van der Waals surface area (Å²) in [6.45, 7) is 17.5. The number of hydrogen-bond acceptors (Lipinski definition) is 7. The fourth-order valence-electron chi connectivity index (χ4n) is 9.40. The molecule has 2 aliphatic rings. The van der Waals surface area contributed by atoms with Gasteiger partial charge in [0.2, 0.25) is 0 Å². The van der Waals surface area contributed by atoms with Crippen LogP contribution in [0.2, 0.25) is 10.0 Å².